The van der Waals surface area contributed by atoms with Crippen LogP contribution in [0, 0.1) is 6.92 Å². The number of anilines is 1. The zero-order chi connectivity index (χ0) is 8.13. The monoisotopic (exact) mass is 179 g/mol. The molecule has 12 heavy (non-hydrogen) atoms. The molecule has 4 rings (SSSR count). The van der Waals surface area contributed by atoms with Crippen molar-refractivity contribution in [2.75, 3.05) is 18.0 Å². The molecule has 1 aromatic rings. The second-order valence-corrected chi connectivity index (χ2v) is 4.76. The minimum Gasteiger partial charge on any atom is -0.363 e. The molecular formula is C10H13NS. The van der Waals surface area contributed by atoms with Gasteiger partial charge >= 0.3 is 0 Å². The van der Waals surface area contributed by atoms with Crippen molar-refractivity contribution in [3.8, 4) is 0 Å². The van der Waals surface area contributed by atoms with E-state index in [1.807, 2.05) is 11.3 Å². The third kappa shape index (κ3) is 0.738. The smallest absolute Gasteiger partial charge is 0.0946 e. The molecule has 0 saturated carbocycles. The number of piperidine rings is 1. The molecule has 1 saturated heterocycles. The first-order valence-electron chi connectivity index (χ1n) is 4.69. The predicted octanol–water partition coefficient (Wildman–Crippen LogP) is 2.75. The van der Waals surface area contributed by atoms with Crippen LogP contribution < -0.4 is 4.90 Å². The van der Waals surface area contributed by atoms with Crippen LogP contribution in [-0.4, -0.2) is 13.1 Å². The Morgan fingerprint density at radius 2 is 2.17 bits per heavy atom. The number of aryl methyl sites for hydroxylation is 1. The molecule has 2 heteroatoms. The summed E-state index contributed by atoms with van der Waals surface area (Å²) in [6, 6.07) is 0. The van der Waals surface area contributed by atoms with E-state index >= 15 is 0 Å². The molecule has 0 N–H and O–H groups in total. The van der Waals surface area contributed by atoms with Crippen LogP contribution in [0.4, 0.5) is 5.00 Å². The van der Waals surface area contributed by atoms with Crippen LogP contribution in [0.2, 0.25) is 0 Å². The van der Waals surface area contributed by atoms with Crippen molar-refractivity contribution >= 4 is 16.3 Å². The number of fused-ring (bicyclic) bond motifs is 2. The highest BCUT2D eigenvalue weighted by molar-refractivity contribution is 7.14. The largest absolute Gasteiger partial charge is 0.363 e. The second-order valence-electron chi connectivity index (χ2n) is 3.90. The molecule has 0 atom stereocenters. The normalized spacial score (nSPS) is 21.6. The molecule has 0 aromatic carbocycles. The zero-order valence-electron chi connectivity index (χ0n) is 7.34. The molecule has 1 nitrogen and oxygen atoms in total. The minimum atomic E-state index is 0.899. The van der Waals surface area contributed by atoms with Gasteiger partial charge in [0.2, 0.25) is 0 Å². The Morgan fingerprint density at radius 1 is 1.42 bits per heavy atom. The van der Waals surface area contributed by atoms with Gasteiger partial charge in [0.25, 0.3) is 0 Å². The quantitative estimate of drug-likeness (QED) is 0.592. The first-order chi connectivity index (χ1) is 5.86. The number of hydrogen-bond acceptors (Lipinski definition) is 2. The lowest BCUT2D eigenvalue weighted by molar-refractivity contribution is 0.478. The lowest BCUT2D eigenvalue weighted by atomic mass is 9.84. The number of rotatable bonds is 0. The van der Waals surface area contributed by atoms with Crippen molar-refractivity contribution < 1.29 is 0 Å². The van der Waals surface area contributed by atoms with Crippen LogP contribution >= 0.6 is 11.3 Å². The van der Waals surface area contributed by atoms with Gasteiger partial charge in [-0.15, -0.1) is 11.3 Å². The lowest BCUT2D eigenvalue weighted by Crippen LogP contribution is -2.37. The van der Waals surface area contributed by atoms with Crippen molar-refractivity contribution in [1.29, 1.82) is 0 Å². The molecule has 1 fully saturated rings. The maximum atomic E-state index is 2.56. The summed E-state index contributed by atoms with van der Waals surface area (Å²) in [7, 11) is 0. The third-order valence-electron chi connectivity index (χ3n) is 3.19. The average Bonchev–Trinajstić information content (AvgIpc) is 2.53. The van der Waals surface area contributed by atoms with Crippen LogP contribution in [-0.2, 0) is 0 Å². The highest BCUT2D eigenvalue weighted by atomic mass is 32.1. The molecule has 0 amide bonds. The number of thiophene rings is 1. The van der Waals surface area contributed by atoms with Gasteiger partial charge in [-0.2, -0.15) is 0 Å². The van der Waals surface area contributed by atoms with Gasteiger partial charge in [-0.25, -0.2) is 0 Å². The SMILES string of the molecule is Cc1csc2c1C1CCN2CC1. The van der Waals surface area contributed by atoms with Crippen LogP contribution in [0.1, 0.15) is 29.9 Å². The summed E-state index contributed by atoms with van der Waals surface area (Å²) in [4.78, 5) is 2.56. The Hall–Kier alpha value is -0.500. The highest BCUT2D eigenvalue weighted by Gasteiger charge is 2.32. The van der Waals surface area contributed by atoms with Crippen molar-refractivity contribution in [3.05, 3.63) is 16.5 Å². The van der Waals surface area contributed by atoms with Crippen LogP contribution in [0.3, 0.4) is 0 Å². The molecule has 2 bridgehead atoms. The molecule has 0 radical (unpaired) electrons. The Balaban J connectivity index is 2.21. The Labute approximate surface area is 77.0 Å². The fourth-order valence-electron chi connectivity index (χ4n) is 2.55. The van der Waals surface area contributed by atoms with Gasteiger partial charge in [0.1, 0.15) is 0 Å². The maximum absolute atomic E-state index is 2.56. The summed E-state index contributed by atoms with van der Waals surface area (Å²) in [5.41, 5.74) is 3.21. The predicted molar refractivity (Wildman–Crippen MR) is 53.2 cm³/mol. The molecule has 4 heterocycles. The lowest BCUT2D eigenvalue weighted by Gasteiger charge is -2.40. The van der Waals surface area contributed by atoms with Gasteiger partial charge in [0.15, 0.2) is 0 Å². The van der Waals surface area contributed by atoms with E-state index in [9.17, 15) is 0 Å². The summed E-state index contributed by atoms with van der Waals surface area (Å²) in [5.74, 6) is 0.899. The van der Waals surface area contributed by atoms with Gasteiger partial charge in [-0.3, -0.25) is 0 Å². The third-order valence-corrected chi connectivity index (χ3v) is 4.37. The summed E-state index contributed by atoms with van der Waals surface area (Å²) < 4.78 is 0. The molecule has 3 aliphatic heterocycles. The van der Waals surface area contributed by atoms with E-state index in [1.165, 1.54) is 31.5 Å². The fourth-order valence-corrected chi connectivity index (χ4v) is 3.75. The summed E-state index contributed by atoms with van der Waals surface area (Å²) in [5, 5.41) is 3.90. The first kappa shape index (κ1) is 6.96. The van der Waals surface area contributed by atoms with Crippen LogP contribution in [0.5, 0.6) is 0 Å². The van der Waals surface area contributed by atoms with Crippen molar-refractivity contribution in [3.63, 3.8) is 0 Å². The van der Waals surface area contributed by atoms with Gasteiger partial charge < -0.3 is 4.90 Å². The van der Waals surface area contributed by atoms with Crippen molar-refractivity contribution in [1.82, 2.24) is 0 Å². The Bertz CT molecular complexity index is 308. The molecular weight excluding hydrogens is 166 g/mol. The molecule has 1 aromatic heterocycles. The first-order valence-corrected chi connectivity index (χ1v) is 5.57. The van der Waals surface area contributed by atoms with Crippen molar-refractivity contribution in [2.24, 2.45) is 0 Å². The Morgan fingerprint density at radius 3 is 2.83 bits per heavy atom. The van der Waals surface area contributed by atoms with E-state index in [-0.39, 0.29) is 0 Å². The van der Waals surface area contributed by atoms with Crippen LogP contribution in [0.25, 0.3) is 0 Å². The highest BCUT2D eigenvalue weighted by Crippen LogP contribution is 2.47. The van der Waals surface area contributed by atoms with E-state index in [0.29, 0.717) is 0 Å². The van der Waals surface area contributed by atoms with E-state index in [0.717, 1.165) is 5.92 Å². The van der Waals surface area contributed by atoms with E-state index < -0.39 is 0 Å². The van der Waals surface area contributed by atoms with Gasteiger partial charge in [-0.05, 0) is 42.2 Å². The minimum absolute atomic E-state index is 0.899. The average molecular weight is 179 g/mol. The number of hydrogen-bond donors (Lipinski definition) is 0. The summed E-state index contributed by atoms with van der Waals surface area (Å²) in [6.45, 7) is 4.87. The maximum Gasteiger partial charge on any atom is 0.0946 e. The number of nitrogens with zero attached hydrogens (tertiary/aromatic N) is 1. The molecule has 3 aliphatic rings. The van der Waals surface area contributed by atoms with E-state index in [2.05, 4.69) is 17.2 Å². The van der Waals surface area contributed by atoms with E-state index in [4.69, 9.17) is 0 Å². The van der Waals surface area contributed by atoms with E-state index in [1.54, 1.807) is 10.6 Å². The molecule has 0 unspecified atom stereocenters. The topological polar surface area (TPSA) is 3.24 Å². The Kier molecular flexibility index (Phi) is 1.31. The molecule has 0 aliphatic carbocycles. The standard InChI is InChI=1S/C10H13NS/c1-7-6-12-10-9(7)8-2-4-11(10)5-3-8/h6,8H,2-5H2,1H3. The zero-order valence-corrected chi connectivity index (χ0v) is 8.16. The molecule has 64 valence electrons. The van der Waals surface area contributed by atoms with Crippen LogP contribution in [0.15, 0.2) is 5.38 Å². The van der Waals surface area contributed by atoms with Gasteiger partial charge in [-0.1, -0.05) is 0 Å². The fraction of sp³-hybridized carbons (Fsp3) is 0.600. The van der Waals surface area contributed by atoms with Crippen molar-refractivity contribution in [2.45, 2.75) is 25.7 Å². The van der Waals surface area contributed by atoms with Gasteiger partial charge in [0, 0.05) is 13.1 Å². The van der Waals surface area contributed by atoms with Gasteiger partial charge in [0.05, 0.1) is 5.00 Å². The summed E-state index contributed by atoms with van der Waals surface area (Å²) in [6.07, 6.45) is 2.79. The molecule has 0 spiro atoms. The summed E-state index contributed by atoms with van der Waals surface area (Å²) >= 11 is 1.94. The second kappa shape index (κ2) is 2.25.